The van der Waals surface area contributed by atoms with E-state index in [1.54, 1.807) is 29.2 Å². The molecule has 1 fully saturated rings. The Bertz CT molecular complexity index is 1330. The number of rotatable bonds is 6. The van der Waals surface area contributed by atoms with Crippen LogP contribution >= 0.6 is 0 Å². The van der Waals surface area contributed by atoms with Gasteiger partial charge in [0.15, 0.2) is 5.69 Å². The van der Waals surface area contributed by atoms with Gasteiger partial charge >= 0.3 is 6.16 Å². The third kappa shape index (κ3) is 4.52. The SMILES string of the molecule is COC(=O)OCOc1c2n(ncc1=O)[C@@H](C(c1ccc(F)cc1)c1ccc(F)cc1)[C@H]1CCCN1C2=O. The number of carbonyl (C=O) groups is 2. The van der Waals surface area contributed by atoms with E-state index in [-0.39, 0.29) is 17.5 Å². The summed E-state index contributed by atoms with van der Waals surface area (Å²) in [4.78, 5) is 39.3. The fourth-order valence-electron chi connectivity index (χ4n) is 5.20. The van der Waals surface area contributed by atoms with Gasteiger partial charge in [-0.2, -0.15) is 5.10 Å². The van der Waals surface area contributed by atoms with Crippen molar-refractivity contribution in [2.75, 3.05) is 20.4 Å². The Morgan fingerprint density at radius 2 is 1.68 bits per heavy atom. The standard InChI is InChI=1S/C26H23F2N3O6/c1-35-26(34)37-14-36-24-20(32)13-29-31-22(19-3-2-12-30(19)25(33)23(24)31)21(15-4-8-17(27)9-5-15)16-6-10-18(28)11-7-16/h4-11,13,19,21-22H,2-3,12,14H2,1H3/t19-,22-/m1/s1. The van der Waals surface area contributed by atoms with Crippen LogP contribution in [0.2, 0.25) is 0 Å². The Kier molecular flexibility index (Phi) is 6.60. The molecule has 1 saturated heterocycles. The quantitative estimate of drug-likeness (QED) is 0.368. The molecule has 192 valence electrons. The van der Waals surface area contributed by atoms with E-state index in [4.69, 9.17) is 9.47 Å². The first-order chi connectivity index (χ1) is 17.9. The van der Waals surface area contributed by atoms with Crippen LogP contribution in [0.25, 0.3) is 0 Å². The van der Waals surface area contributed by atoms with E-state index in [9.17, 15) is 23.2 Å². The lowest BCUT2D eigenvalue weighted by atomic mass is 9.80. The zero-order valence-corrected chi connectivity index (χ0v) is 19.8. The van der Waals surface area contributed by atoms with Gasteiger partial charge < -0.3 is 19.1 Å². The summed E-state index contributed by atoms with van der Waals surface area (Å²) >= 11 is 0. The molecule has 0 N–H and O–H groups in total. The summed E-state index contributed by atoms with van der Waals surface area (Å²) < 4.78 is 43.7. The highest BCUT2D eigenvalue weighted by atomic mass is 19.1. The number of halogens is 2. The third-order valence-electron chi connectivity index (χ3n) is 6.75. The van der Waals surface area contributed by atoms with Crippen LogP contribution in [0, 0.1) is 11.6 Å². The van der Waals surface area contributed by atoms with Gasteiger partial charge in [0.1, 0.15) is 11.6 Å². The number of benzene rings is 2. The van der Waals surface area contributed by atoms with Gasteiger partial charge in [0.25, 0.3) is 5.91 Å². The Hall–Kier alpha value is -4.28. The second-order valence-corrected chi connectivity index (χ2v) is 8.77. The minimum atomic E-state index is -1.01. The predicted octanol–water partition coefficient (Wildman–Crippen LogP) is 3.63. The molecule has 2 aromatic carbocycles. The lowest BCUT2D eigenvalue weighted by molar-refractivity contribution is 0.0126. The Morgan fingerprint density at radius 3 is 2.27 bits per heavy atom. The maximum Gasteiger partial charge on any atom is 0.510 e. The molecule has 0 bridgehead atoms. The van der Waals surface area contributed by atoms with Gasteiger partial charge in [-0.05, 0) is 48.2 Å². The zero-order chi connectivity index (χ0) is 26.1. The zero-order valence-electron chi connectivity index (χ0n) is 19.8. The summed E-state index contributed by atoms with van der Waals surface area (Å²) in [6.07, 6.45) is 1.42. The first-order valence-corrected chi connectivity index (χ1v) is 11.7. The average Bonchev–Trinajstić information content (AvgIpc) is 3.39. The first kappa shape index (κ1) is 24.4. The number of ether oxygens (including phenoxy) is 3. The first-order valence-electron chi connectivity index (χ1n) is 11.7. The number of hydrogen-bond donors (Lipinski definition) is 0. The summed E-state index contributed by atoms with van der Waals surface area (Å²) in [7, 11) is 1.12. The molecule has 2 aliphatic rings. The van der Waals surface area contributed by atoms with Gasteiger partial charge in [-0.1, -0.05) is 24.3 Å². The summed E-state index contributed by atoms with van der Waals surface area (Å²) in [5.74, 6) is -2.05. The average molecular weight is 511 g/mol. The van der Waals surface area contributed by atoms with Gasteiger partial charge in [-0.15, -0.1) is 0 Å². The lowest BCUT2D eigenvalue weighted by Gasteiger charge is -2.42. The van der Waals surface area contributed by atoms with Crippen molar-refractivity contribution in [1.82, 2.24) is 14.7 Å². The smallest absolute Gasteiger partial charge is 0.451 e. The predicted molar refractivity (Wildman–Crippen MR) is 125 cm³/mol. The van der Waals surface area contributed by atoms with Gasteiger partial charge in [0.2, 0.25) is 18.0 Å². The molecule has 2 atom stereocenters. The monoisotopic (exact) mass is 511 g/mol. The normalized spacial score (nSPS) is 18.4. The molecule has 0 saturated carbocycles. The molecule has 5 rings (SSSR count). The molecular formula is C26H23F2N3O6. The highest BCUT2D eigenvalue weighted by Crippen LogP contribution is 2.45. The van der Waals surface area contributed by atoms with Crippen LogP contribution in [0.15, 0.2) is 59.5 Å². The van der Waals surface area contributed by atoms with Crippen molar-refractivity contribution in [3.8, 4) is 5.75 Å². The van der Waals surface area contributed by atoms with E-state index in [1.165, 1.54) is 28.9 Å². The van der Waals surface area contributed by atoms with Crippen LogP contribution in [0.3, 0.4) is 0 Å². The number of nitrogens with zero attached hydrogens (tertiary/aromatic N) is 3. The largest absolute Gasteiger partial charge is 0.510 e. The topological polar surface area (TPSA) is 100.0 Å². The Morgan fingerprint density at radius 1 is 1.05 bits per heavy atom. The molecule has 0 unspecified atom stereocenters. The second-order valence-electron chi connectivity index (χ2n) is 8.77. The number of aromatic nitrogens is 2. The fourth-order valence-corrected chi connectivity index (χ4v) is 5.20. The second kappa shape index (κ2) is 10.00. The van der Waals surface area contributed by atoms with Crippen LogP contribution in [0.1, 0.15) is 46.4 Å². The van der Waals surface area contributed by atoms with Crippen molar-refractivity contribution in [1.29, 1.82) is 0 Å². The maximum atomic E-state index is 13.8. The van der Waals surface area contributed by atoms with Gasteiger partial charge in [0.05, 0.1) is 25.4 Å². The van der Waals surface area contributed by atoms with Crippen molar-refractivity contribution in [3.63, 3.8) is 0 Å². The highest BCUT2D eigenvalue weighted by molar-refractivity contribution is 5.96. The molecule has 2 aliphatic heterocycles. The minimum Gasteiger partial charge on any atom is -0.451 e. The molecule has 9 nitrogen and oxygen atoms in total. The molecule has 37 heavy (non-hydrogen) atoms. The molecular weight excluding hydrogens is 488 g/mol. The molecule has 3 aromatic rings. The van der Waals surface area contributed by atoms with Crippen molar-refractivity contribution in [3.05, 3.63) is 93.4 Å². The molecule has 1 aromatic heterocycles. The highest BCUT2D eigenvalue weighted by Gasteiger charge is 2.48. The van der Waals surface area contributed by atoms with Crippen LogP contribution < -0.4 is 10.2 Å². The van der Waals surface area contributed by atoms with Crippen molar-refractivity contribution >= 4 is 12.1 Å². The molecule has 0 aliphatic carbocycles. The van der Waals surface area contributed by atoms with Gasteiger partial charge in [0, 0.05) is 12.5 Å². The molecule has 0 spiro atoms. The van der Waals surface area contributed by atoms with E-state index in [0.717, 1.165) is 30.9 Å². The maximum absolute atomic E-state index is 13.8. The number of fused-ring (bicyclic) bond motifs is 2. The Labute approximate surface area is 210 Å². The number of hydrogen-bond acceptors (Lipinski definition) is 7. The summed E-state index contributed by atoms with van der Waals surface area (Å²) in [6.45, 7) is -0.194. The van der Waals surface area contributed by atoms with E-state index in [1.807, 2.05) is 0 Å². The summed E-state index contributed by atoms with van der Waals surface area (Å²) in [5.41, 5.74) is 0.701. The molecule has 0 radical (unpaired) electrons. The van der Waals surface area contributed by atoms with Crippen molar-refractivity contribution in [2.24, 2.45) is 0 Å². The lowest BCUT2D eigenvalue weighted by Crippen LogP contribution is -2.51. The van der Waals surface area contributed by atoms with E-state index in [0.29, 0.717) is 13.0 Å². The summed E-state index contributed by atoms with van der Waals surface area (Å²) in [5, 5.41) is 4.33. The minimum absolute atomic E-state index is 0.0849. The van der Waals surface area contributed by atoms with Gasteiger partial charge in [-0.3, -0.25) is 14.3 Å². The van der Waals surface area contributed by atoms with E-state index < -0.39 is 47.9 Å². The fraction of sp³-hybridized carbons (Fsp3) is 0.308. The number of methoxy groups -OCH3 is 1. The number of amides is 1. The van der Waals surface area contributed by atoms with Crippen molar-refractivity contribution in [2.45, 2.75) is 30.8 Å². The third-order valence-corrected chi connectivity index (χ3v) is 6.75. The molecule has 3 heterocycles. The summed E-state index contributed by atoms with van der Waals surface area (Å²) in [6, 6.07) is 11.1. The Balaban J connectivity index is 1.67. The van der Waals surface area contributed by atoms with E-state index >= 15 is 0 Å². The molecule has 1 amide bonds. The van der Waals surface area contributed by atoms with Gasteiger partial charge in [-0.25, -0.2) is 13.6 Å². The molecule has 11 heteroatoms. The van der Waals surface area contributed by atoms with Crippen LogP contribution in [-0.4, -0.2) is 53.2 Å². The van der Waals surface area contributed by atoms with Crippen LogP contribution in [0.5, 0.6) is 5.75 Å². The van der Waals surface area contributed by atoms with Crippen LogP contribution in [0.4, 0.5) is 13.6 Å². The van der Waals surface area contributed by atoms with Crippen molar-refractivity contribution < 1.29 is 32.6 Å². The van der Waals surface area contributed by atoms with Crippen LogP contribution in [-0.2, 0) is 9.47 Å². The number of carbonyl (C=O) groups excluding carboxylic acids is 2. The van der Waals surface area contributed by atoms with E-state index in [2.05, 4.69) is 9.84 Å².